The molecule has 2 heteroatoms. The van der Waals surface area contributed by atoms with Crippen LogP contribution in [0.15, 0.2) is 42.6 Å². The quantitative estimate of drug-likeness (QED) is 0.713. The van der Waals surface area contributed by atoms with Crippen LogP contribution in [0.4, 0.5) is 0 Å². The lowest BCUT2D eigenvalue weighted by Gasteiger charge is -2.10. The second-order valence-corrected chi connectivity index (χ2v) is 5.00. The van der Waals surface area contributed by atoms with Crippen molar-refractivity contribution < 1.29 is 4.74 Å². The molecule has 1 heterocycles. The molecule has 0 spiro atoms. The predicted octanol–water partition coefficient (Wildman–Crippen LogP) is 4.99. The molecule has 2 nitrogen and oxygen atoms in total. The van der Waals surface area contributed by atoms with Gasteiger partial charge in [-0.3, -0.25) is 4.98 Å². The third kappa shape index (κ3) is 4.75. The Bertz CT molecular complexity index is 575. The normalized spacial score (nSPS) is 11.0. The number of ether oxygens (including phenoxy) is 1. The van der Waals surface area contributed by atoms with Crippen molar-refractivity contribution in [3.63, 3.8) is 0 Å². The lowest BCUT2D eigenvalue weighted by atomic mass is 10.1. The number of nitrogens with zero attached hydrogens (tertiary/aromatic N) is 1. The molecule has 0 bridgehead atoms. The van der Waals surface area contributed by atoms with E-state index in [9.17, 15) is 0 Å². The Hall–Kier alpha value is -2.09. The van der Waals surface area contributed by atoms with Crippen molar-refractivity contribution in [2.75, 3.05) is 6.61 Å². The Morgan fingerprint density at radius 2 is 1.90 bits per heavy atom. The van der Waals surface area contributed by atoms with E-state index in [-0.39, 0.29) is 0 Å². The fourth-order valence-electron chi connectivity index (χ4n) is 2.16. The van der Waals surface area contributed by atoms with Gasteiger partial charge in [-0.1, -0.05) is 49.8 Å². The molecular formula is C19H23NO. The maximum atomic E-state index is 5.75. The minimum atomic E-state index is 0.685. The topological polar surface area (TPSA) is 22.1 Å². The van der Waals surface area contributed by atoms with Crippen LogP contribution < -0.4 is 4.74 Å². The highest BCUT2D eigenvalue weighted by atomic mass is 16.5. The zero-order chi connectivity index (χ0) is 14.9. The molecule has 0 unspecified atom stereocenters. The summed E-state index contributed by atoms with van der Waals surface area (Å²) in [7, 11) is 0. The fraction of sp³-hybridized carbons (Fsp3) is 0.316. The van der Waals surface area contributed by atoms with Crippen molar-refractivity contribution in [1.29, 1.82) is 0 Å². The molecule has 0 saturated carbocycles. The predicted molar refractivity (Wildman–Crippen MR) is 89.4 cm³/mol. The summed E-state index contributed by atoms with van der Waals surface area (Å²) in [6.07, 6.45) is 9.43. The fourth-order valence-corrected chi connectivity index (χ4v) is 2.16. The van der Waals surface area contributed by atoms with E-state index in [4.69, 9.17) is 4.74 Å². The summed E-state index contributed by atoms with van der Waals surface area (Å²) in [5, 5.41) is 0. The van der Waals surface area contributed by atoms with E-state index < -0.39 is 0 Å². The lowest BCUT2D eigenvalue weighted by molar-refractivity contribution is 0.335. The number of benzene rings is 1. The number of aryl methyl sites for hydroxylation is 1. The third-order valence-electron chi connectivity index (χ3n) is 3.31. The largest absolute Gasteiger partial charge is 0.493 e. The standard InChI is InChI=1S/C19H23NO/c1-3-5-11-17-15-20-18(14-19(17)21-4-2)13-12-16-9-7-6-8-10-16/h6-10,12-15H,3-5,11H2,1-2H3/b13-12+. The number of hydrogen-bond acceptors (Lipinski definition) is 2. The van der Waals surface area contributed by atoms with Crippen molar-refractivity contribution in [3.8, 4) is 5.75 Å². The van der Waals surface area contributed by atoms with Gasteiger partial charge in [-0.2, -0.15) is 0 Å². The Kier molecular flexibility index (Phi) is 6.01. The molecule has 1 aromatic carbocycles. The molecule has 0 N–H and O–H groups in total. The van der Waals surface area contributed by atoms with Crippen LogP contribution in [0.1, 0.15) is 43.5 Å². The van der Waals surface area contributed by atoms with E-state index in [1.165, 1.54) is 24.0 Å². The van der Waals surface area contributed by atoms with Crippen LogP contribution in [-0.2, 0) is 6.42 Å². The molecule has 21 heavy (non-hydrogen) atoms. The van der Waals surface area contributed by atoms with E-state index in [1.54, 1.807) is 0 Å². The van der Waals surface area contributed by atoms with E-state index in [2.05, 4.69) is 30.1 Å². The second kappa shape index (κ2) is 8.25. The molecule has 0 atom stereocenters. The lowest BCUT2D eigenvalue weighted by Crippen LogP contribution is -1.99. The van der Waals surface area contributed by atoms with Crippen LogP contribution in [0.5, 0.6) is 5.75 Å². The third-order valence-corrected chi connectivity index (χ3v) is 3.31. The average molecular weight is 281 g/mol. The first kappa shape index (κ1) is 15.3. The number of pyridine rings is 1. The molecule has 1 aromatic heterocycles. The van der Waals surface area contributed by atoms with Gasteiger partial charge in [0.05, 0.1) is 12.3 Å². The van der Waals surface area contributed by atoms with Crippen LogP contribution in [0.2, 0.25) is 0 Å². The number of hydrogen-bond donors (Lipinski definition) is 0. The molecule has 110 valence electrons. The van der Waals surface area contributed by atoms with Crippen LogP contribution >= 0.6 is 0 Å². The van der Waals surface area contributed by atoms with Gasteiger partial charge < -0.3 is 4.74 Å². The van der Waals surface area contributed by atoms with Crippen LogP contribution in [0.25, 0.3) is 12.2 Å². The van der Waals surface area contributed by atoms with Crippen molar-refractivity contribution in [2.45, 2.75) is 33.1 Å². The zero-order valence-corrected chi connectivity index (χ0v) is 12.9. The number of aromatic nitrogens is 1. The molecular weight excluding hydrogens is 258 g/mol. The first-order valence-electron chi connectivity index (χ1n) is 7.68. The monoisotopic (exact) mass is 281 g/mol. The molecule has 0 aliphatic carbocycles. The summed E-state index contributed by atoms with van der Waals surface area (Å²) in [6.45, 7) is 4.90. The van der Waals surface area contributed by atoms with Crippen molar-refractivity contribution in [2.24, 2.45) is 0 Å². The van der Waals surface area contributed by atoms with Gasteiger partial charge in [0.25, 0.3) is 0 Å². The van der Waals surface area contributed by atoms with E-state index in [0.29, 0.717) is 6.61 Å². The molecule has 0 fully saturated rings. The van der Waals surface area contributed by atoms with E-state index >= 15 is 0 Å². The van der Waals surface area contributed by atoms with Crippen LogP contribution in [0, 0.1) is 0 Å². The minimum Gasteiger partial charge on any atom is -0.493 e. The second-order valence-electron chi connectivity index (χ2n) is 5.00. The molecule has 0 amide bonds. The molecule has 0 saturated heterocycles. The Labute approximate surface area is 127 Å². The highest BCUT2D eigenvalue weighted by Gasteiger charge is 2.05. The highest BCUT2D eigenvalue weighted by Crippen LogP contribution is 2.22. The van der Waals surface area contributed by atoms with Gasteiger partial charge in [0.1, 0.15) is 5.75 Å². The minimum absolute atomic E-state index is 0.685. The first-order chi connectivity index (χ1) is 10.3. The summed E-state index contributed by atoms with van der Waals surface area (Å²) < 4.78 is 5.75. The summed E-state index contributed by atoms with van der Waals surface area (Å²) >= 11 is 0. The zero-order valence-electron chi connectivity index (χ0n) is 12.9. The smallest absolute Gasteiger partial charge is 0.126 e. The molecule has 0 radical (unpaired) electrons. The first-order valence-corrected chi connectivity index (χ1v) is 7.68. The summed E-state index contributed by atoms with van der Waals surface area (Å²) in [6, 6.07) is 12.3. The Balaban J connectivity index is 2.17. The van der Waals surface area contributed by atoms with E-state index in [1.807, 2.05) is 43.5 Å². The number of unbranched alkanes of at least 4 members (excludes halogenated alkanes) is 1. The van der Waals surface area contributed by atoms with Gasteiger partial charge in [-0.15, -0.1) is 0 Å². The number of rotatable bonds is 7. The molecule has 0 aliphatic rings. The molecule has 2 aromatic rings. The van der Waals surface area contributed by atoms with Gasteiger partial charge in [0.2, 0.25) is 0 Å². The Morgan fingerprint density at radius 3 is 2.62 bits per heavy atom. The van der Waals surface area contributed by atoms with Gasteiger partial charge in [0.15, 0.2) is 0 Å². The van der Waals surface area contributed by atoms with Crippen LogP contribution in [-0.4, -0.2) is 11.6 Å². The van der Waals surface area contributed by atoms with Crippen LogP contribution in [0.3, 0.4) is 0 Å². The summed E-state index contributed by atoms with van der Waals surface area (Å²) in [4.78, 5) is 4.52. The van der Waals surface area contributed by atoms with Gasteiger partial charge in [0, 0.05) is 17.8 Å². The SMILES string of the molecule is CCCCc1cnc(/C=C/c2ccccc2)cc1OCC. The van der Waals surface area contributed by atoms with Crippen molar-refractivity contribution in [1.82, 2.24) is 4.98 Å². The Morgan fingerprint density at radius 1 is 1.10 bits per heavy atom. The van der Waals surface area contributed by atoms with Crippen molar-refractivity contribution in [3.05, 3.63) is 59.4 Å². The van der Waals surface area contributed by atoms with Gasteiger partial charge >= 0.3 is 0 Å². The highest BCUT2D eigenvalue weighted by molar-refractivity contribution is 5.68. The molecule has 0 aliphatic heterocycles. The maximum Gasteiger partial charge on any atom is 0.126 e. The van der Waals surface area contributed by atoms with Gasteiger partial charge in [-0.25, -0.2) is 0 Å². The molecule has 2 rings (SSSR count). The van der Waals surface area contributed by atoms with Crippen molar-refractivity contribution >= 4 is 12.2 Å². The maximum absolute atomic E-state index is 5.75. The van der Waals surface area contributed by atoms with Gasteiger partial charge in [-0.05, 0) is 31.4 Å². The average Bonchev–Trinajstić information content (AvgIpc) is 2.53. The van der Waals surface area contributed by atoms with E-state index in [0.717, 1.165) is 17.9 Å². The summed E-state index contributed by atoms with van der Waals surface area (Å²) in [5.41, 5.74) is 3.31. The summed E-state index contributed by atoms with van der Waals surface area (Å²) in [5.74, 6) is 0.966.